The molecule has 0 aromatic carbocycles. The summed E-state index contributed by atoms with van der Waals surface area (Å²) in [6, 6.07) is 0.385. The summed E-state index contributed by atoms with van der Waals surface area (Å²) in [6.07, 6.45) is 4.02. The normalized spacial score (nSPS) is 37.8. The molecule has 3 unspecified atom stereocenters. The van der Waals surface area contributed by atoms with E-state index in [0.717, 1.165) is 11.8 Å². The third-order valence-electron chi connectivity index (χ3n) is 3.44. The summed E-state index contributed by atoms with van der Waals surface area (Å²) < 4.78 is 0. The molecule has 2 N–H and O–H groups in total. The highest BCUT2D eigenvalue weighted by Gasteiger charge is 2.33. The topological polar surface area (TPSA) is 26.0 Å². The Morgan fingerprint density at radius 1 is 1.42 bits per heavy atom. The SMILES string of the molecule is CC(N)C1CCC(C)(C)CC1C. The molecule has 1 saturated carbocycles. The van der Waals surface area contributed by atoms with Gasteiger partial charge >= 0.3 is 0 Å². The monoisotopic (exact) mass is 169 g/mol. The third kappa shape index (κ3) is 2.22. The lowest BCUT2D eigenvalue weighted by Crippen LogP contribution is -2.38. The predicted octanol–water partition coefficient (Wildman–Crippen LogP) is 2.80. The van der Waals surface area contributed by atoms with Crippen LogP contribution in [0.3, 0.4) is 0 Å². The van der Waals surface area contributed by atoms with Crippen LogP contribution in [-0.4, -0.2) is 6.04 Å². The highest BCUT2D eigenvalue weighted by atomic mass is 14.6. The molecule has 1 heteroatoms. The Hall–Kier alpha value is -0.0400. The summed E-state index contributed by atoms with van der Waals surface area (Å²) in [4.78, 5) is 0. The van der Waals surface area contributed by atoms with Crippen LogP contribution in [0.25, 0.3) is 0 Å². The van der Waals surface area contributed by atoms with Crippen molar-refractivity contribution >= 4 is 0 Å². The lowest BCUT2D eigenvalue weighted by molar-refractivity contribution is 0.116. The quantitative estimate of drug-likeness (QED) is 0.642. The largest absolute Gasteiger partial charge is 0.328 e. The molecule has 1 rings (SSSR count). The fraction of sp³-hybridized carbons (Fsp3) is 1.00. The molecule has 0 radical (unpaired) electrons. The van der Waals surface area contributed by atoms with Gasteiger partial charge in [-0.05, 0) is 43.4 Å². The first-order chi connectivity index (χ1) is 5.42. The van der Waals surface area contributed by atoms with Crippen LogP contribution in [0.1, 0.15) is 47.0 Å². The average molecular weight is 169 g/mol. The van der Waals surface area contributed by atoms with Crippen molar-refractivity contribution in [2.45, 2.75) is 53.0 Å². The van der Waals surface area contributed by atoms with E-state index in [1.54, 1.807) is 0 Å². The lowest BCUT2D eigenvalue weighted by Gasteiger charge is -2.40. The zero-order chi connectivity index (χ0) is 9.35. The molecule has 3 atom stereocenters. The summed E-state index contributed by atoms with van der Waals surface area (Å²) in [5.41, 5.74) is 6.51. The molecule has 72 valence electrons. The molecule has 0 spiro atoms. The van der Waals surface area contributed by atoms with Crippen molar-refractivity contribution < 1.29 is 0 Å². The minimum Gasteiger partial charge on any atom is -0.328 e. The van der Waals surface area contributed by atoms with Crippen LogP contribution in [0.15, 0.2) is 0 Å². The van der Waals surface area contributed by atoms with Crippen molar-refractivity contribution in [1.82, 2.24) is 0 Å². The molecule has 0 aliphatic heterocycles. The Morgan fingerprint density at radius 3 is 2.42 bits per heavy atom. The fourth-order valence-electron chi connectivity index (χ4n) is 2.75. The highest BCUT2D eigenvalue weighted by Crippen LogP contribution is 2.42. The first kappa shape index (κ1) is 10.0. The van der Waals surface area contributed by atoms with Crippen LogP contribution in [0.5, 0.6) is 0 Å². The van der Waals surface area contributed by atoms with Crippen LogP contribution >= 0.6 is 0 Å². The van der Waals surface area contributed by atoms with E-state index in [1.165, 1.54) is 19.3 Å². The molecule has 1 nitrogen and oxygen atoms in total. The first-order valence-corrected chi connectivity index (χ1v) is 5.18. The standard InChI is InChI=1S/C11H23N/c1-8-7-11(3,4)6-5-10(8)9(2)12/h8-10H,5-7,12H2,1-4H3. The maximum absolute atomic E-state index is 5.95. The van der Waals surface area contributed by atoms with E-state index < -0.39 is 0 Å². The van der Waals surface area contributed by atoms with Crippen molar-refractivity contribution in [1.29, 1.82) is 0 Å². The van der Waals surface area contributed by atoms with Gasteiger partial charge in [-0.1, -0.05) is 20.8 Å². The van der Waals surface area contributed by atoms with Crippen LogP contribution < -0.4 is 5.73 Å². The van der Waals surface area contributed by atoms with E-state index in [1.807, 2.05) is 0 Å². The lowest BCUT2D eigenvalue weighted by atomic mass is 9.66. The Morgan fingerprint density at radius 2 is 2.00 bits per heavy atom. The van der Waals surface area contributed by atoms with E-state index in [-0.39, 0.29) is 0 Å². The Kier molecular flexibility index (Phi) is 2.82. The van der Waals surface area contributed by atoms with Crippen molar-refractivity contribution in [3.05, 3.63) is 0 Å². The van der Waals surface area contributed by atoms with Gasteiger partial charge in [-0.25, -0.2) is 0 Å². The summed E-state index contributed by atoms with van der Waals surface area (Å²) >= 11 is 0. The molecular formula is C11H23N. The summed E-state index contributed by atoms with van der Waals surface area (Å²) in [5.74, 6) is 1.58. The van der Waals surface area contributed by atoms with Crippen LogP contribution in [-0.2, 0) is 0 Å². The van der Waals surface area contributed by atoms with Gasteiger partial charge in [-0.3, -0.25) is 0 Å². The third-order valence-corrected chi connectivity index (χ3v) is 3.44. The van der Waals surface area contributed by atoms with Gasteiger partial charge in [0.05, 0.1) is 0 Å². The molecule has 1 fully saturated rings. The molecule has 1 aliphatic carbocycles. The zero-order valence-corrected chi connectivity index (χ0v) is 8.93. The van der Waals surface area contributed by atoms with Gasteiger partial charge in [0, 0.05) is 6.04 Å². The smallest absolute Gasteiger partial charge is 0.00413 e. The summed E-state index contributed by atoms with van der Waals surface area (Å²) in [6.45, 7) is 9.26. The van der Waals surface area contributed by atoms with E-state index >= 15 is 0 Å². The van der Waals surface area contributed by atoms with Crippen LogP contribution in [0, 0.1) is 17.3 Å². The average Bonchev–Trinajstić information content (AvgIpc) is 1.83. The minimum atomic E-state index is 0.385. The second-order valence-electron chi connectivity index (χ2n) is 5.41. The highest BCUT2D eigenvalue weighted by molar-refractivity contribution is 4.86. The number of hydrogen-bond acceptors (Lipinski definition) is 1. The second-order valence-corrected chi connectivity index (χ2v) is 5.41. The summed E-state index contributed by atoms with van der Waals surface area (Å²) in [5, 5.41) is 0. The van der Waals surface area contributed by atoms with Crippen molar-refractivity contribution in [3.8, 4) is 0 Å². The van der Waals surface area contributed by atoms with E-state index in [0.29, 0.717) is 11.5 Å². The molecule has 0 saturated heterocycles. The summed E-state index contributed by atoms with van der Waals surface area (Å²) in [7, 11) is 0. The minimum absolute atomic E-state index is 0.385. The van der Waals surface area contributed by atoms with Gasteiger partial charge in [0.2, 0.25) is 0 Å². The molecule has 0 amide bonds. The van der Waals surface area contributed by atoms with E-state index in [4.69, 9.17) is 5.73 Å². The number of hydrogen-bond donors (Lipinski definition) is 1. The Labute approximate surface area is 76.7 Å². The Balaban J connectivity index is 2.54. The maximum Gasteiger partial charge on any atom is 0.00413 e. The van der Waals surface area contributed by atoms with Gasteiger partial charge in [0.15, 0.2) is 0 Å². The zero-order valence-electron chi connectivity index (χ0n) is 8.93. The van der Waals surface area contributed by atoms with E-state index in [9.17, 15) is 0 Å². The number of nitrogens with two attached hydrogens (primary N) is 1. The van der Waals surface area contributed by atoms with Gasteiger partial charge in [-0.2, -0.15) is 0 Å². The predicted molar refractivity (Wildman–Crippen MR) is 53.9 cm³/mol. The molecule has 0 bridgehead atoms. The van der Waals surface area contributed by atoms with Crippen molar-refractivity contribution in [3.63, 3.8) is 0 Å². The van der Waals surface area contributed by atoms with Gasteiger partial charge in [0.25, 0.3) is 0 Å². The van der Waals surface area contributed by atoms with E-state index in [2.05, 4.69) is 27.7 Å². The molecular weight excluding hydrogens is 146 g/mol. The van der Waals surface area contributed by atoms with Crippen LogP contribution in [0.2, 0.25) is 0 Å². The van der Waals surface area contributed by atoms with Crippen LogP contribution in [0.4, 0.5) is 0 Å². The molecule has 0 aromatic heterocycles. The van der Waals surface area contributed by atoms with Crippen molar-refractivity contribution in [2.24, 2.45) is 23.0 Å². The maximum atomic E-state index is 5.95. The number of rotatable bonds is 1. The van der Waals surface area contributed by atoms with Gasteiger partial charge in [0.1, 0.15) is 0 Å². The molecule has 0 heterocycles. The Bertz CT molecular complexity index is 149. The van der Waals surface area contributed by atoms with Gasteiger partial charge < -0.3 is 5.73 Å². The molecule has 1 aliphatic rings. The van der Waals surface area contributed by atoms with Crippen molar-refractivity contribution in [2.75, 3.05) is 0 Å². The molecule has 0 aromatic rings. The fourth-order valence-corrected chi connectivity index (χ4v) is 2.75. The molecule has 12 heavy (non-hydrogen) atoms. The second kappa shape index (κ2) is 3.37. The first-order valence-electron chi connectivity index (χ1n) is 5.18. The van der Waals surface area contributed by atoms with Gasteiger partial charge in [-0.15, -0.1) is 0 Å².